The Labute approximate surface area is 108 Å². The summed E-state index contributed by atoms with van der Waals surface area (Å²) in [7, 11) is 0. The molecule has 0 spiro atoms. The lowest BCUT2D eigenvalue weighted by atomic mass is 10.1. The van der Waals surface area contributed by atoms with Crippen molar-refractivity contribution in [2.24, 2.45) is 5.92 Å². The average Bonchev–Trinajstić information content (AvgIpc) is 2.31. The van der Waals surface area contributed by atoms with E-state index in [9.17, 15) is 14.7 Å². The maximum absolute atomic E-state index is 11.3. The van der Waals surface area contributed by atoms with Gasteiger partial charge in [-0.1, -0.05) is 32.6 Å². The van der Waals surface area contributed by atoms with Gasteiger partial charge in [0, 0.05) is 0 Å². The lowest BCUT2D eigenvalue weighted by Crippen LogP contribution is -2.21. The summed E-state index contributed by atoms with van der Waals surface area (Å²) in [5.41, 5.74) is 0. The number of hydrogen-bond donors (Lipinski definition) is 2. The highest BCUT2D eigenvalue weighted by atomic mass is 16.5. The first-order valence-corrected chi connectivity index (χ1v) is 6.53. The van der Waals surface area contributed by atoms with Crippen LogP contribution in [0.5, 0.6) is 0 Å². The Balaban J connectivity index is 3.64. The summed E-state index contributed by atoms with van der Waals surface area (Å²) in [5.74, 6) is -2.25. The van der Waals surface area contributed by atoms with Crippen LogP contribution in [0.1, 0.15) is 52.4 Å². The third-order valence-corrected chi connectivity index (χ3v) is 2.71. The summed E-state index contributed by atoms with van der Waals surface area (Å²) in [6.07, 6.45) is 4.06. The third kappa shape index (κ3) is 8.98. The number of aliphatic carboxylic acids is 1. The maximum atomic E-state index is 11.3. The molecule has 0 bridgehead atoms. The van der Waals surface area contributed by atoms with Gasteiger partial charge < -0.3 is 14.9 Å². The molecule has 2 unspecified atom stereocenters. The zero-order valence-corrected chi connectivity index (χ0v) is 11.2. The standard InChI is InChI=1S/C13H24O5/c1-3-4-5-6-7-11(14)8-12(15)18-9-10(2)13(16)17/h10-11,14H,3-9H2,1-2H3,(H,16,17). The van der Waals surface area contributed by atoms with Crippen molar-refractivity contribution in [2.45, 2.75) is 58.5 Å². The van der Waals surface area contributed by atoms with Crippen molar-refractivity contribution in [1.82, 2.24) is 0 Å². The molecule has 0 aromatic rings. The predicted octanol–water partition coefficient (Wildman–Crippen LogP) is 1.97. The Morgan fingerprint density at radius 1 is 1.22 bits per heavy atom. The van der Waals surface area contributed by atoms with Gasteiger partial charge in [-0.05, 0) is 13.3 Å². The number of carbonyl (C=O) groups excluding carboxylic acids is 1. The van der Waals surface area contributed by atoms with E-state index in [0.29, 0.717) is 6.42 Å². The molecule has 18 heavy (non-hydrogen) atoms. The van der Waals surface area contributed by atoms with Crippen LogP contribution in [0.2, 0.25) is 0 Å². The van der Waals surface area contributed by atoms with Crippen LogP contribution >= 0.6 is 0 Å². The molecule has 2 N–H and O–H groups in total. The summed E-state index contributed by atoms with van der Waals surface area (Å²) in [5, 5.41) is 18.2. The molecule has 0 fully saturated rings. The minimum Gasteiger partial charge on any atom is -0.481 e. The quantitative estimate of drug-likeness (QED) is 0.463. The van der Waals surface area contributed by atoms with Gasteiger partial charge in [0.1, 0.15) is 6.61 Å². The van der Waals surface area contributed by atoms with Crippen molar-refractivity contribution in [3.63, 3.8) is 0 Å². The molecule has 0 aliphatic carbocycles. The normalized spacial score (nSPS) is 13.9. The van der Waals surface area contributed by atoms with Crippen molar-refractivity contribution < 1.29 is 24.5 Å². The fourth-order valence-corrected chi connectivity index (χ4v) is 1.45. The zero-order chi connectivity index (χ0) is 14.0. The topological polar surface area (TPSA) is 83.8 Å². The smallest absolute Gasteiger partial charge is 0.309 e. The zero-order valence-electron chi connectivity index (χ0n) is 11.2. The number of unbranched alkanes of at least 4 members (excludes halogenated alkanes) is 3. The van der Waals surface area contributed by atoms with Crippen LogP contribution in [-0.2, 0) is 14.3 Å². The SMILES string of the molecule is CCCCCCC(O)CC(=O)OCC(C)C(=O)O. The van der Waals surface area contributed by atoms with E-state index in [2.05, 4.69) is 6.92 Å². The lowest BCUT2D eigenvalue weighted by molar-refractivity contribution is -0.151. The summed E-state index contributed by atoms with van der Waals surface area (Å²) in [4.78, 5) is 21.8. The Morgan fingerprint density at radius 3 is 2.44 bits per heavy atom. The van der Waals surface area contributed by atoms with Crippen molar-refractivity contribution in [3.05, 3.63) is 0 Å². The third-order valence-electron chi connectivity index (χ3n) is 2.71. The fraction of sp³-hybridized carbons (Fsp3) is 0.846. The van der Waals surface area contributed by atoms with Gasteiger partial charge in [0.05, 0.1) is 18.4 Å². The molecule has 2 atom stereocenters. The van der Waals surface area contributed by atoms with Crippen LogP contribution in [0.4, 0.5) is 0 Å². The van der Waals surface area contributed by atoms with Crippen LogP contribution in [0.25, 0.3) is 0 Å². The number of ether oxygens (including phenoxy) is 1. The Hall–Kier alpha value is -1.10. The van der Waals surface area contributed by atoms with Crippen LogP contribution in [0, 0.1) is 5.92 Å². The maximum Gasteiger partial charge on any atom is 0.309 e. The summed E-state index contributed by atoms with van der Waals surface area (Å²) >= 11 is 0. The average molecular weight is 260 g/mol. The van der Waals surface area contributed by atoms with Crippen molar-refractivity contribution in [3.8, 4) is 0 Å². The molecule has 5 nitrogen and oxygen atoms in total. The number of carboxylic acid groups (broad SMARTS) is 1. The Morgan fingerprint density at radius 2 is 1.89 bits per heavy atom. The van der Waals surface area contributed by atoms with Gasteiger partial charge in [0.2, 0.25) is 0 Å². The Bertz CT molecular complexity index is 252. The number of aliphatic hydroxyl groups is 1. The summed E-state index contributed by atoms with van der Waals surface area (Å²) < 4.78 is 4.78. The minimum atomic E-state index is -0.997. The number of carbonyl (C=O) groups is 2. The first kappa shape index (κ1) is 16.9. The molecule has 0 saturated heterocycles. The van der Waals surface area contributed by atoms with Crippen molar-refractivity contribution in [2.75, 3.05) is 6.61 Å². The molecule has 0 saturated carbocycles. The van der Waals surface area contributed by atoms with E-state index < -0.39 is 24.0 Å². The molecule has 0 heterocycles. The van der Waals surface area contributed by atoms with Crippen molar-refractivity contribution in [1.29, 1.82) is 0 Å². The molecule has 0 amide bonds. The van der Waals surface area contributed by atoms with Gasteiger partial charge in [-0.3, -0.25) is 9.59 Å². The molecule has 0 radical (unpaired) electrons. The van der Waals surface area contributed by atoms with Gasteiger partial charge in [-0.2, -0.15) is 0 Å². The molecule has 5 heteroatoms. The van der Waals surface area contributed by atoms with Crippen molar-refractivity contribution >= 4 is 11.9 Å². The number of rotatable bonds is 10. The van der Waals surface area contributed by atoms with E-state index in [1.54, 1.807) is 0 Å². The largest absolute Gasteiger partial charge is 0.481 e. The predicted molar refractivity (Wildman–Crippen MR) is 67.1 cm³/mol. The minimum absolute atomic E-state index is 0.0571. The molecule has 0 aliphatic rings. The van der Waals surface area contributed by atoms with Gasteiger partial charge in [0.15, 0.2) is 0 Å². The highest BCUT2D eigenvalue weighted by Gasteiger charge is 2.16. The highest BCUT2D eigenvalue weighted by molar-refractivity contribution is 5.72. The Kier molecular flexibility index (Phi) is 9.28. The molecular formula is C13H24O5. The number of hydrogen-bond acceptors (Lipinski definition) is 4. The van der Waals surface area contributed by atoms with E-state index in [1.807, 2.05) is 0 Å². The van der Waals surface area contributed by atoms with E-state index in [0.717, 1.165) is 25.7 Å². The van der Waals surface area contributed by atoms with Crippen LogP contribution < -0.4 is 0 Å². The van der Waals surface area contributed by atoms with E-state index in [1.165, 1.54) is 6.92 Å². The summed E-state index contributed by atoms with van der Waals surface area (Å²) in [6.45, 7) is 3.44. The van der Waals surface area contributed by atoms with E-state index >= 15 is 0 Å². The van der Waals surface area contributed by atoms with Gasteiger partial charge >= 0.3 is 11.9 Å². The van der Waals surface area contributed by atoms with Crippen LogP contribution in [0.15, 0.2) is 0 Å². The van der Waals surface area contributed by atoms with Crippen LogP contribution in [0.3, 0.4) is 0 Å². The second-order valence-electron chi connectivity index (χ2n) is 4.63. The van der Waals surface area contributed by atoms with Gasteiger partial charge in [-0.25, -0.2) is 0 Å². The number of aliphatic hydroxyl groups excluding tert-OH is 1. The molecule has 0 aromatic heterocycles. The lowest BCUT2D eigenvalue weighted by Gasteiger charge is -2.11. The highest BCUT2D eigenvalue weighted by Crippen LogP contribution is 2.09. The van der Waals surface area contributed by atoms with E-state index in [-0.39, 0.29) is 13.0 Å². The second-order valence-corrected chi connectivity index (χ2v) is 4.63. The molecule has 0 rings (SSSR count). The monoisotopic (exact) mass is 260 g/mol. The molecule has 106 valence electrons. The fourth-order valence-electron chi connectivity index (χ4n) is 1.45. The van der Waals surface area contributed by atoms with Crippen LogP contribution in [-0.4, -0.2) is 34.9 Å². The van der Waals surface area contributed by atoms with Gasteiger partial charge in [-0.15, -0.1) is 0 Å². The molecule has 0 aliphatic heterocycles. The number of carboxylic acids is 1. The second kappa shape index (κ2) is 9.88. The van der Waals surface area contributed by atoms with E-state index in [4.69, 9.17) is 9.84 Å². The molecule has 0 aromatic carbocycles. The first-order chi connectivity index (χ1) is 8.47. The number of esters is 1. The van der Waals surface area contributed by atoms with Gasteiger partial charge in [0.25, 0.3) is 0 Å². The molecular weight excluding hydrogens is 236 g/mol. The summed E-state index contributed by atoms with van der Waals surface area (Å²) in [6, 6.07) is 0. The first-order valence-electron chi connectivity index (χ1n) is 6.53.